The van der Waals surface area contributed by atoms with Crippen molar-refractivity contribution in [3.8, 4) is 12.1 Å². The first-order valence-electron chi connectivity index (χ1n) is 6.86. The second-order valence-corrected chi connectivity index (χ2v) is 6.79. The van der Waals surface area contributed by atoms with Gasteiger partial charge in [0.25, 0.3) is 0 Å². The first kappa shape index (κ1) is 18.1. The lowest BCUT2D eigenvalue weighted by molar-refractivity contribution is -0.137. The number of nitrogens with zero attached hydrogens (tertiary/aromatic N) is 2. The minimum Gasteiger partial charge on any atom is -0.289 e. The van der Waals surface area contributed by atoms with Crippen LogP contribution in [0.3, 0.4) is 0 Å². The number of Topliss-reactive ketones (excluding diaryl/α,β-unsaturated/α-hetero) is 2. The van der Waals surface area contributed by atoms with Crippen LogP contribution in [0.15, 0.2) is 57.5 Å². The van der Waals surface area contributed by atoms with Gasteiger partial charge in [-0.3, -0.25) is 9.59 Å². The van der Waals surface area contributed by atoms with Gasteiger partial charge >= 0.3 is 0 Å². The van der Waals surface area contributed by atoms with Crippen molar-refractivity contribution >= 4 is 43.4 Å². The second kappa shape index (κ2) is 8.01. The molecule has 2 aromatic carbocycles. The van der Waals surface area contributed by atoms with E-state index in [9.17, 15) is 20.1 Å². The first-order chi connectivity index (χ1) is 11.5. The lowest BCUT2D eigenvalue weighted by atomic mass is 9.86. The standard InChI is InChI=1S/C18H10Br2N2O2/c19-13-5-1-11(2-6-13)15(9-21)17(23)18(24)16(10-22)12-3-7-14(20)8-4-12/h1-8,15-16H. The van der Waals surface area contributed by atoms with Crippen LogP contribution in [0.5, 0.6) is 0 Å². The molecule has 2 aromatic rings. The van der Waals surface area contributed by atoms with Crippen LogP contribution >= 0.6 is 31.9 Å². The van der Waals surface area contributed by atoms with Gasteiger partial charge in [0, 0.05) is 8.95 Å². The molecule has 2 atom stereocenters. The summed E-state index contributed by atoms with van der Waals surface area (Å²) < 4.78 is 1.60. The highest BCUT2D eigenvalue weighted by Gasteiger charge is 2.33. The molecule has 0 aliphatic carbocycles. The van der Waals surface area contributed by atoms with Crippen LogP contribution in [0, 0.1) is 22.7 Å². The van der Waals surface area contributed by atoms with E-state index in [-0.39, 0.29) is 0 Å². The zero-order valence-electron chi connectivity index (χ0n) is 12.2. The molecule has 2 unspecified atom stereocenters. The lowest BCUT2D eigenvalue weighted by Crippen LogP contribution is -2.26. The third kappa shape index (κ3) is 3.97. The van der Waals surface area contributed by atoms with Gasteiger partial charge in [0.05, 0.1) is 12.1 Å². The van der Waals surface area contributed by atoms with E-state index in [1.165, 1.54) is 0 Å². The van der Waals surface area contributed by atoms with Crippen molar-refractivity contribution < 1.29 is 9.59 Å². The normalized spacial score (nSPS) is 12.5. The minimum atomic E-state index is -1.23. The Hall–Kier alpha value is -2.28. The van der Waals surface area contributed by atoms with E-state index in [4.69, 9.17) is 0 Å². The molecule has 118 valence electrons. The molecular formula is C18H10Br2N2O2. The first-order valence-corrected chi connectivity index (χ1v) is 8.44. The Labute approximate surface area is 156 Å². The van der Waals surface area contributed by atoms with Crippen LogP contribution in [-0.2, 0) is 9.59 Å². The number of rotatable bonds is 5. The minimum absolute atomic E-state index is 0.423. The molecule has 0 radical (unpaired) electrons. The maximum absolute atomic E-state index is 12.5. The van der Waals surface area contributed by atoms with Crippen molar-refractivity contribution in [1.29, 1.82) is 10.5 Å². The van der Waals surface area contributed by atoms with Gasteiger partial charge in [-0.05, 0) is 35.4 Å². The Morgan fingerprint density at radius 3 is 1.25 bits per heavy atom. The molecule has 0 saturated carbocycles. The number of halogens is 2. The summed E-state index contributed by atoms with van der Waals surface area (Å²) in [5.74, 6) is -4.21. The average Bonchev–Trinajstić information content (AvgIpc) is 2.59. The predicted octanol–water partition coefficient (Wildman–Crippen LogP) is 4.26. The molecule has 4 nitrogen and oxygen atoms in total. The quantitative estimate of drug-likeness (QED) is 0.643. The van der Waals surface area contributed by atoms with Crippen molar-refractivity contribution in [2.45, 2.75) is 11.8 Å². The Morgan fingerprint density at radius 2 is 1.00 bits per heavy atom. The third-order valence-electron chi connectivity index (χ3n) is 3.43. The van der Waals surface area contributed by atoms with Gasteiger partial charge in [0.2, 0.25) is 11.6 Å². The molecule has 2 rings (SSSR count). The van der Waals surface area contributed by atoms with Gasteiger partial charge in [-0.2, -0.15) is 10.5 Å². The smallest absolute Gasteiger partial charge is 0.221 e. The zero-order valence-corrected chi connectivity index (χ0v) is 15.4. The number of carbonyl (C=O) groups is 2. The summed E-state index contributed by atoms with van der Waals surface area (Å²) in [6.07, 6.45) is 0. The zero-order chi connectivity index (χ0) is 17.7. The molecule has 0 spiro atoms. The van der Waals surface area contributed by atoms with Crippen molar-refractivity contribution in [3.63, 3.8) is 0 Å². The Kier molecular flexibility index (Phi) is 6.03. The SMILES string of the molecule is N#CC(C(=O)C(=O)C(C#N)c1ccc(Br)cc1)c1ccc(Br)cc1. The van der Waals surface area contributed by atoms with Gasteiger partial charge < -0.3 is 0 Å². The summed E-state index contributed by atoms with van der Waals surface area (Å²) in [5, 5.41) is 18.6. The molecule has 0 N–H and O–H groups in total. The molecule has 24 heavy (non-hydrogen) atoms. The van der Waals surface area contributed by atoms with Crippen LogP contribution in [0.25, 0.3) is 0 Å². The summed E-state index contributed by atoms with van der Waals surface area (Å²) in [6.45, 7) is 0. The van der Waals surface area contributed by atoms with Gasteiger partial charge in [-0.25, -0.2) is 0 Å². The van der Waals surface area contributed by atoms with Gasteiger partial charge in [-0.15, -0.1) is 0 Å². The fraction of sp³-hybridized carbons (Fsp3) is 0.111. The van der Waals surface area contributed by atoms with Crippen molar-refractivity contribution in [1.82, 2.24) is 0 Å². The summed E-state index contributed by atoms with van der Waals surface area (Å²) >= 11 is 6.54. The largest absolute Gasteiger partial charge is 0.289 e. The number of hydrogen-bond donors (Lipinski definition) is 0. The van der Waals surface area contributed by atoms with Crippen molar-refractivity contribution in [2.24, 2.45) is 0 Å². The van der Waals surface area contributed by atoms with Gasteiger partial charge in [0.1, 0.15) is 11.8 Å². The maximum Gasteiger partial charge on any atom is 0.221 e. The molecular weight excluding hydrogens is 436 g/mol. The van der Waals surface area contributed by atoms with E-state index in [1.54, 1.807) is 48.5 Å². The molecule has 0 aliphatic rings. The number of ketones is 2. The Balaban J connectivity index is 2.30. The molecule has 6 heteroatoms. The topological polar surface area (TPSA) is 81.7 Å². The highest BCUT2D eigenvalue weighted by molar-refractivity contribution is 9.10. The van der Waals surface area contributed by atoms with E-state index < -0.39 is 23.4 Å². The maximum atomic E-state index is 12.5. The van der Waals surface area contributed by atoms with Crippen LogP contribution in [0.4, 0.5) is 0 Å². The second-order valence-electron chi connectivity index (χ2n) is 4.96. The Bertz CT molecular complexity index is 773. The lowest BCUT2D eigenvalue weighted by Gasteiger charge is -2.11. The van der Waals surface area contributed by atoms with Gasteiger partial charge in [-0.1, -0.05) is 56.1 Å². The van der Waals surface area contributed by atoms with Crippen LogP contribution in [0.2, 0.25) is 0 Å². The Morgan fingerprint density at radius 1 is 0.708 bits per heavy atom. The van der Waals surface area contributed by atoms with E-state index in [0.717, 1.165) is 8.95 Å². The third-order valence-corrected chi connectivity index (χ3v) is 4.49. The van der Waals surface area contributed by atoms with E-state index >= 15 is 0 Å². The molecule has 0 saturated heterocycles. The van der Waals surface area contributed by atoms with Crippen LogP contribution < -0.4 is 0 Å². The highest BCUT2D eigenvalue weighted by Crippen LogP contribution is 2.25. The summed E-state index contributed by atoms with van der Waals surface area (Å²) in [7, 11) is 0. The average molecular weight is 446 g/mol. The molecule has 0 bridgehead atoms. The number of carbonyl (C=O) groups excluding carboxylic acids is 2. The summed E-state index contributed by atoms with van der Waals surface area (Å²) in [6, 6.07) is 16.9. The monoisotopic (exact) mass is 444 g/mol. The van der Waals surface area contributed by atoms with Gasteiger partial charge in [0.15, 0.2) is 0 Å². The fourth-order valence-corrected chi connectivity index (χ4v) is 2.69. The number of hydrogen-bond acceptors (Lipinski definition) is 4. The number of benzene rings is 2. The van der Waals surface area contributed by atoms with Crippen LogP contribution in [-0.4, -0.2) is 11.6 Å². The van der Waals surface area contributed by atoms with Crippen molar-refractivity contribution in [3.05, 3.63) is 68.6 Å². The molecule has 0 amide bonds. The van der Waals surface area contributed by atoms with E-state index in [0.29, 0.717) is 11.1 Å². The summed E-state index contributed by atoms with van der Waals surface area (Å²) in [5.41, 5.74) is 0.845. The van der Waals surface area contributed by atoms with E-state index in [1.807, 2.05) is 12.1 Å². The number of nitriles is 2. The molecule has 0 heterocycles. The van der Waals surface area contributed by atoms with Crippen LogP contribution in [0.1, 0.15) is 23.0 Å². The molecule has 0 aromatic heterocycles. The molecule has 0 aliphatic heterocycles. The van der Waals surface area contributed by atoms with Crippen molar-refractivity contribution in [2.75, 3.05) is 0 Å². The molecule has 0 fully saturated rings. The fourth-order valence-electron chi connectivity index (χ4n) is 2.16. The van der Waals surface area contributed by atoms with E-state index in [2.05, 4.69) is 31.9 Å². The highest BCUT2D eigenvalue weighted by atomic mass is 79.9. The predicted molar refractivity (Wildman–Crippen MR) is 95.0 cm³/mol. The summed E-state index contributed by atoms with van der Waals surface area (Å²) in [4.78, 5) is 24.9.